The summed E-state index contributed by atoms with van der Waals surface area (Å²) in [6, 6.07) is 8.68. The third-order valence-corrected chi connectivity index (χ3v) is 4.00. The van der Waals surface area contributed by atoms with Crippen LogP contribution in [0.25, 0.3) is 0 Å². The van der Waals surface area contributed by atoms with Gasteiger partial charge in [0.2, 0.25) is 0 Å². The van der Waals surface area contributed by atoms with E-state index in [-0.39, 0.29) is 0 Å². The average molecular weight is 237 g/mol. The van der Waals surface area contributed by atoms with Crippen LogP contribution in [0.5, 0.6) is 5.75 Å². The Bertz CT molecular complexity index is 340. The molecule has 88 valence electrons. The molecule has 0 radical (unpaired) electrons. The van der Waals surface area contributed by atoms with E-state index in [1.165, 1.54) is 5.56 Å². The van der Waals surface area contributed by atoms with E-state index < -0.39 is 0 Å². The Kier molecular flexibility index (Phi) is 4.13. The molecule has 1 aliphatic heterocycles. The van der Waals surface area contributed by atoms with Gasteiger partial charge in [-0.15, -0.1) is 0 Å². The van der Waals surface area contributed by atoms with Crippen molar-refractivity contribution in [3.8, 4) is 5.75 Å². The van der Waals surface area contributed by atoms with Crippen molar-refractivity contribution in [3.63, 3.8) is 0 Å². The lowest BCUT2D eigenvalue weighted by Crippen LogP contribution is -2.15. The fraction of sp³-hybridized carbons (Fsp3) is 0.538. The Morgan fingerprint density at radius 1 is 1.50 bits per heavy atom. The van der Waals surface area contributed by atoms with Crippen LogP contribution in [-0.4, -0.2) is 24.2 Å². The molecule has 0 bridgehead atoms. The summed E-state index contributed by atoms with van der Waals surface area (Å²) in [5, 5.41) is 0. The van der Waals surface area contributed by atoms with Gasteiger partial charge in [0, 0.05) is 23.3 Å². The maximum absolute atomic E-state index is 5.73. The number of fused-ring (bicyclic) bond motifs is 1. The molecule has 1 aromatic rings. The van der Waals surface area contributed by atoms with E-state index in [4.69, 9.17) is 10.5 Å². The van der Waals surface area contributed by atoms with Crippen LogP contribution in [0.4, 0.5) is 0 Å². The largest absolute Gasteiger partial charge is 0.493 e. The first-order chi connectivity index (χ1) is 7.77. The van der Waals surface area contributed by atoms with Crippen molar-refractivity contribution in [2.75, 3.05) is 18.1 Å². The van der Waals surface area contributed by atoms with Gasteiger partial charge in [-0.05, 0) is 25.2 Å². The van der Waals surface area contributed by atoms with Gasteiger partial charge in [0.15, 0.2) is 0 Å². The molecule has 0 aromatic heterocycles. The van der Waals surface area contributed by atoms with Gasteiger partial charge in [0.05, 0.1) is 6.61 Å². The molecule has 3 heteroatoms. The van der Waals surface area contributed by atoms with E-state index in [1.807, 2.05) is 17.8 Å². The molecule has 2 unspecified atom stereocenters. The van der Waals surface area contributed by atoms with E-state index in [0.717, 1.165) is 30.3 Å². The molecule has 1 aromatic carbocycles. The van der Waals surface area contributed by atoms with Crippen LogP contribution in [0.2, 0.25) is 0 Å². The van der Waals surface area contributed by atoms with Crippen molar-refractivity contribution in [3.05, 3.63) is 29.8 Å². The molecule has 16 heavy (non-hydrogen) atoms. The number of hydrogen-bond donors (Lipinski definition) is 1. The van der Waals surface area contributed by atoms with Crippen LogP contribution in [-0.2, 0) is 0 Å². The predicted octanol–water partition coefficient (Wildman–Crippen LogP) is 2.63. The molecule has 0 fully saturated rings. The summed E-state index contributed by atoms with van der Waals surface area (Å²) in [7, 11) is 0. The standard InChI is InChI=1S/C13H19NOS/c1-10(14)6-7-16-9-11-8-15-13-5-3-2-4-12(11)13/h2-5,10-11H,6-9,14H2,1H3. The first-order valence-corrected chi connectivity index (χ1v) is 6.98. The van der Waals surface area contributed by atoms with Crippen molar-refractivity contribution < 1.29 is 4.74 Å². The van der Waals surface area contributed by atoms with Crippen molar-refractivity contribution in [2.24, 2.45) is 5.73 Å². The van der Waals surface area contributed by atoms with Gasteiger partial charge >= 0.3 is 0 Å². The maximum atomic E-state index is 5.73. The van der Waals surface area contributed by atoms with E-state index >= 15 is 0 Å². The molecule has 0 aliphatic carbocycles. The minimum Gasteiger partial charge on any atom is -0.493 e. The number of nitrogens with two attached hydrogens (primary N) is 1. The second-order valence-corrected chi connectivity index (χ2v) is 5.54. The number of ether oxygens (including phenoxy) is 1. The minimum atomic E-state index is 0.319. The topological polar surface area (TPSA) is 35.2 Å². The van der Waals surface area contributed by atoms with Crippen molar-refractivity contribution in [2.45, 2.75) is 25.3 Å². The van der Waals surface area contributed by atoms with Crippen LogP contribution in [0.15, 0.2) is 24.3 Å². The molecule has 0 saturated heterocycles. The molecule has 1 aliphatic rings. The normalized spacial score (nSPS) is 20.2. The van der Waals surface area contributed by atoms with Gasteiger partial charge < -0.3 is 10.5 Å². The summed E-state index contributed by atoms with van der Waals surface area (Å²) in [5.74, 6) is 3.93. The lowest BCUT2D eigenvalue weighted by molar-refractivity contribution is 0.338. The summed E-state index contributed by atoms with van der Waals surface area (Å²) in [4.78, 5) is 0. The summed E-state index contributed by atoms with van der Waals surface area (Å²) in [6.07, 6.45) is 1.10. The zero-order valence-electron chi connectivity index (χ0n) is 9.69. The molecule has 0 spiro atoms. The molecule has 0 saturated carbocycles. The average Bonchev–Trinajstić information content (AvgIpc) is 2.68. The molecular formula is C13H19NOS. The maximum Gasteiger partial charge on any atom is 0.122 e. The first-order valence-electron chi connectivity index (χ1n) is 5.82. The minimum absolute atomic E-state index is 0.319. The van der Waals surface area contributed by atoms with Gasteiger partial charge in [-0.2, -0.15) is 11.8 Å². The van der Waals surface area contributed by atoms with Crippen LogP contribution in [0.3, 0.4) is 0 Å². The Morgan fingerprint density at radius 3 is 3.12 bits per heavy atom. The molecule has 0 amide bonds. The van der Waals surface area contributed by atoms with Crippen molar-refractivity contribution in [1.29, 1.82) is 0 Å². The van der Waals surface area contributed by atoms with Crippen molar-refractivity contribution in [1.82, 2.24) is 0 Å². The Balaban J connectivity index is 1.80. The highest BCUT2D eigenvalue weighted by Gasteiger charge is 2.22. The zero-order chi connectivity index (χ0) is 11.4. The Hall–Kier alpha value is -0.670. The summed E-state index contributed by atoms with van der Waals surface area (Å²) < 4.78 is 5.65. The van der Waals surface area contributed by atoms with E-state index in [2.05, 4.69) is 25.1 Å². The monoisotopic (exact) mass is 237 g/mol. The second-order valence-electron chi connectivity index (χ2n) is 4.39. The van der Waals surface area contributed by atoms with Gasteiger partial charge in [0.1, 0.15) is 5.75 Å². The van der Waals surface area contributed by atoms with Crippen molar-refractivity contribution >= 4 is 11.8 Å². The smallest absolute Gasteiger partial charge is 0.122 e. The quantitative estimate of drug-likeness (QED) is 0.800. The Labute approximate surface area is 102 Å². The molecule has 2 N–H and O–H groups in total. The molecular weight excluding hydrogens is 218 g/mol. The summed E-state index contributed by atoms with van der Waals surface area (Å²) in [5.41, 5.74) is 7.10. The van der Waals surface area contributed by atoms with Gasteiger partial charge in [0.25, 0.3) is 0 Å². The molecule has 2 atom stereocenters. The number of thioether (sulfide) groups is 1. The highest BCUT2D eigenvalue weighted by atomic mass is 32.2. The van der Waals surface area contributed by atoms with E-state index in [1.54, 1.807) is 0 Å². The van der Waals surface area contributed by atoms with E-state index in [9.17, 15) is 0 Å². The highest BCUT2D eigenvalue weighted by molar-refractivity contribution is 7.99. The second kappa shape index (κ2) is 5.60. The van der Waals surface area contributed by atoms with Crippen LogP contribution in [0.1, 0.15) is 24.8 Å². The van der Waals surface area contributed by atoms with Crippen LogP contribution in [0, 0.1) is 0 Å². The lowest BCUT2D eigenvalue weighted by Gasteiger charge is -2.09. The van der Waals surface area contributed by atoms with Gasteiger partial charge in [-0.3, -0.25) is 0 Å². The summed E-state index contributed by atoms with van der Waals surface area (Å²) in [6.45, 7) is 2.90. The Morgan fingerprint density at radius 2 is 2.31 bits per heavy atom. The number of para-hydroxylation sites is 1. The third-order valence-electron chi connectivity index (χ3n) is 2.84. The highest BCUT2D eigenvalue weighted by Crippen LogP contribution is 2.35. The summed E-state index contributed by atoms with van der Waals surface area (Å²) >= 11 is 1.98. The lowest BCUT2D eigenvalue weighted by atomic mass is 10.0. The fourth-order valence-electron chi connectivity index (χ4n) is 1.86. The third kappa shape index (κ3) is 2.92. The van der Waals surface area contributed by atoms with E-state index in [0.29, 0.717) is 12.0 Å². The van der Waals surface area contributed by atoms with Gasteiger partial charge in [-0.1, -0.05) is 18.2 Å². The predicted molar refractivity (Wildman–Crippen MR) is 70.3 cm³/mol. The van der Waals surface area contributed by atoms with Gasteiger partial charge in [-0.25, -0.2) is 0 Å². The molecule has 2 nitrogen and oxygen atoms in total. The molecule has 2 rings (SSSR count). The number of benzene rings is 1. The number of rotatable bonds is 5. The first kappa shape index (κ1) is 11.8. The van der Waals surface area contributed by atoms with Crippen LogP contribution >= 0.6 is 11.8 Å². The molecule has 1 heterocycles. The zero-order valence-corrected chi connectivity index (χ0v) is 10.5. The number of hydrogen-bond acceptors (Lipinski definition) is 3. The SMILES string of the molecule is CC(N)CCSCC1COc2ccccc21. The fourth-order valence-corrected chi connectivity index (χ4v) is 3.13. The van der Waals surface area contributed by atoms with Crippen LogP contribution < -0.4 is 10.5 Å².